The third kappa shape index (κ3) is 3.58. The van der Waals surface area contributed by atoms with E-state index in [0.29, 0.717) is 5.92 Å². The van der Waals surface area contributed by atoms with Crippen LogP contribution in [0.15, 0.2) is 61.1 Å². The average Bonchev–Trinajstić information content (AvgIpc) is 3.15. The van der Waals surface area contributed by atoms with Crippen LogP contribution >= 0.6 is 0 Å². The van der Waals surface area contributed by atoms with Gasteiger partial charge >= 0.3 is 0 Å². The van der Waals surface area contributed by atoms with Crippen LogP contribution in [0.2, 0.25) is 0 Å². The summed E-state index contributed by atoms with van der Waals surface area (Å²) in [7, 11) is 0. The second-order valence-corrected chi connectivity index (χ2v) is 8.24. The molecule has 1 aliphatic rings. The van der Waals surface area contributed by atoms with E-state index in [-0.39, 0.29) is 0 Å². The lowest BCUT2D eigenvalue weighted by molar-refractivity contribution is 0.560. The molecule has 0 bridgehead atoms. The molecule has 31 heavy (non-hydrogen) atoms. The van der Waals surface area contributed by atoms with Gasteiger partial charge in [0.2, 0.25) is 0 Å². The Hall–Kier alpha value is -3.54. The molecule has 0 aliphatic carbocycles. The van der Waals surface area contributed by atoms with E-state index in [0.717, 1.165) is 53.8 Å². The molecule has 0 atom stereocenters. The second kappa shape index (κ2) is 7.95. The van der Waals surface area contributed by atoms with Crippen LogP contribution in [0, 0.1) is 6.92 Å². The number of aryl methyl sites for hydroxylation is 1. The van der Waals surface area contributed by atoms with Crippen molar-refractivity contribution in [1.82, 2.24) is 24.5 Å². The van der Waals surface area contributed by atoms with Crippen LogP contribution in [-0.4, -0.2) is 31.0 Å². The van der Waals surface area contributed by atoms with E-state index in [1.54, 1.807) is 12.4 Å². The highest BCUT2D eigenvalue weighted by Gasteiger charge is 2.25. The molecule has 0 radical (unpaired) electrons. The van der Waals surface area contributed by atoms with Gasteiger partial charge in [-0.25, -0.2) is 15.0 Å². The maximum absolute atomic E-state index is 4.97. The van der Waals surface area contributed by atoms with E-state index in [2.05, 4.69) is 75.5 Å². The number of hydrogen-bond acceptors (Lipinski definition) is 5. The minimum Gasteiger partial charge on any atom is -0.364 e. The first kappa shape index (κ1) is 19.4. The Kier molecular flexibility index (Phi) is 4.98. The fourth-order valence-electron chi connectivity index (χ4n) is 4.33. The van der Waals surface area contributed by atoms with Gasteiger partial charge in [-0.2, -0.15) is 0 Å². The lowest BCUT2D eigenvalue weighted by atomic mass is 10.00. The van der Waals surface area contributed by atoms with Crippen molar-refractivity contribution >= 4 is 5.69 Å². The molecule has 0 amide bonds. The van der Waals surface area contributed by atoms with E-state index in [4.69, 9.17) is 4.98 Å². The minimum absolute atomic E-state index is 0.348. The molecule has 6 heteroatoms. The van der Waals surface area contributed by atoms with Crippen LogP contribution in [0.4, 0.5) is 5.69 Å². The molecule has 4 heterocycles. The zero-order valence-electron chi connectivity index (χ0n) is 18.2. The van der Waals surface area contributed by atoms with Crippen molar-refractivity contribution in [3.05, 3.63) is 78.3 Å². The van der Waals surface area contributed by atoms with Gasteiger partial charge in [0.15, 0.2) is 5.82 Å². The van der Waals surface area contributed by atoms with Crippen molar-refractivity contribution in [2.45, 2.75) is 39.8 Å². The molecular formula is C25H26N6. The third-order valence-electron chi connectivity index (χ3n) is 5.89. The first-order valence-corrected chi connectivity index (χ1v) is 10.8. The molecule has 0 saturated carbocycles. The Morgan fingerprint density at radius 2 is 1.61 bits per heavy atom. The topological polar surface area (TPSA) is 59.7 Å². The van der Waals surface area contributed by atoms with E-state index >= 15 is 0 Å². The fourth-order valence-corrected chi connectivity index (χ4v) is 4.33. The minimum atomic E-state index is 0.348. The normalized spacial score (nSPS) is 13.5. The van der Waals surface area contributed by atoms with Crippen LogP contribution in [0.3, 0.4) is 0 Å². The van der Waals surface area contributed by atoms with Gasteiger partial charge in [-0.05, 0) is 55.3 Å². The summed E-state index contributed by atoms with van der Waals surface area (Å²) in [5.41, 5.74) is 6.80. The van der Waals surface area contributed by atoms with Gasteiger partial charge in [-0.15, -0.1) is 0 Å². The number of anilines is 1. The summed E-state index contributed by atoms with van der Waals surface area (Å²) in [6.45, 7) is 9.17. The summed E-state index contributed by atoms with van der Waals surface area (Å²) in [6, 6.07) is 14.5. The summed E-state index contributed by atoms with van der Waals surface area (Å²) in [5, 5.41) is 0. The molecule has 0 unspecified atom stereocenters. The monoisotopic (exact) mass is 410 g/mol. The Labute approximate surface area is 182 Å². The van der Waals surface area contributed by atoms with Gasteiger partial charge in [0.1, 0.15) is 5.82 Å². The summed E-state index contributed by atoms with van der Waals surface area (Å²) in [5.74, 6) is 2.17. The molecular weight excluding hydrogens is 384 g/mol. The molecule has 1 aliphatic heterocycles. The number of imidazole rings is 1. The number of benzene rings is 1. The molecule has 5 rings (SSSR count). The van der Waals surface area contributed by atoms with E-state index < -0.39 is 0 Å². The molecule has 0 fully saturated rings. The van der Waals surface area contributed by atoms with Crippen LogP contribution in [0.1, 0.15) is 37.0 Å². The van der Waals surface area contributed by atoms with Gasteiger partial charge in [-0.1, -0.05) is 13.8 Å². The Morgan fingerprint density at radius 1 is 0.871 bits per heavy atom. The van der Waals surface area contributed by atoms with Crippen LogP contribution in [-0.2, 0) is 13.1 Å². The van der Waals surface area contributed by atoms with Crippen molar-refractivity contribution < 1.29 is 0 Å². The molecule has 4 aromatic rings. The highest BCUT2D eigenvalue weighted by atomic mass is 15.2. The van der Waals surface area contributed by atoms with Crippen molar-refractivity contribution in [2.24, 2.45) is 0 Å². The van der Waals surface area contributed by atoms with E-state index in [9.17, 15) is 0 Å². The lowest BCUT2D eigenvalue weighted by Gasteiger charge is -2.31. The zero-order chi connectivity index (χ0) is 21.4. The Bertz CT molecular complexity index is 1190. The number of pyridine rings is 1. The van der Waals surface area contributed by atoms with Crippen molar-refractivity contribution in [3.63, 3.8) is 0 Å². The van der Waals surface area contributed by atoms with Crippen molar-refractivity contribution in [3.8, 4) is 22.6 Å². The van der Waals surface area contributed by atoms with Crippen LogP contribution in [0.5, 0.6) is 0 Å². The van der Waals surface area contributed by atoms with Crippen molar-refractivity contribution in [1.29, 1.82) is 0 Å². The molecule has 6 nitrogen and oxygen atoms in total. The Balaban J connectivity index is 1.47. The number of rotatable bonds is 4. The summed E-state index contributed by atoms with van der Waals surface area (Å²) in [6.07, 6.45) is 5.42. The third-order valence-corrected chi connectivity index (χ3v) is 5.89. The smallest absolute Gasteiger partial charge is 0.159 e. The fraction of sp³-hybridized carbons (Fsp3) is 0.280. The van der Waals surface area contributed by atoms with Gasteiger partial charge in [0, 0.05) is 48.5 Å². The number of nitrogens with zero attached hydrogens (tertiary/aromatic N) is 6. The molecule has 0 spiro atoms. The zero-order valence-corrected chi connectivity index (χ0v) is 18.2. The van der Waals surface area contributed by atoms with Crippen LogP contribution in [0.25, 0.3) is 22.6 Å². The summed E-state index contributed by atoms with van der Waals surface area (Å²) in [4.78, 5) is 20.7. The van der Waals surface area contributed by atoms with Gasteiger partial charge in [0.25, 0.3) is 0 Å². The maximum atomic E-state index is 4.97. The highest BCUT2D eigenvalue weighted by Crippen LogP contribution is 2.33. The van der Waals surface area contributed by atoms with E-state index in [1.807, 2.05) is 18.3 Å². The van der Waals surface area contributed by atoms with Gasteiger partial charge < -0.3 is 9.47 Å². The SMILES string of the molecule is Cc1nc(-c2cccnc2C(C)C)c2n1CCN(c1ccc(-c3ncccn3)cc1)C2. The highest BCUT2D eigenvalue weighted by molar-refractivity contribution is 5.67. The number of fused-ring (bicyclic) bond motifs is 1. The largest absolute Gasteiger partial charge is 0.364 e. The standard InChI is InChI=1S/C25H26N6/c1-17(2)23-21(6-4-11-26-23)24-22-16-30(14-15-31(22)18(3)29-24)20-9-7-19(8-10-20)25-27-12-5-13-28-25/h4-13,17H,14-16H2,1-3H3. The first-order valence-electron chi connectivity index (χ1n) is 10.8. The Morgan fingerprint density at radius 3 is 2.35 bits per heavy atom. The number of hydrogen-bond donors (Lipinski definition) is 0. The summed E-state index contributed by atoms with van der Waals surface area (Å²) < 4.78 is 2.36. The molecule has 0 N–H and O–H groups in total. The molecule has 0 saturated heterocycles. The second-order valence-electron chi connectivity index (χ2n) is 8.24. The quantitative estimate of drug-likeness (QED) is 0.481. The van der Waals surface area contributed by atoms with Crippen LogP contribution < -0.4 is 4.90 Å². The van der Waals surface area contributed by atoms with Gasteiger partial charge in [-0.3, -0.25) is 4.98 Å². The molecule has 3 aromatic heterocycles. The lowest BCUT2D eigenvalue weighted by Crippen LogP contribution is -2.34. The average molecular weight is 411 g/mol. The van der Waals surface area contributed by atoms with Gasteiger partial charge in [0.05, 0.1) is 23.6 Å². The molecule has 156 valence electrons. The van der Waals surface area contributed by atoms with E-state index in [1.165, 1.54) is 11.4 Å². The number of aromatic nitrogens is 5. The maximum Gasteiger partial charge on any atom is 0.159 e. The molecule has 1 aromatic carbocycles. The first-order chi connectivity index (χ1) is 15.1. The predicted octanol–water partition coefficient (Wildman–Crippen LogP) is 4.85. The summed E-state index contributed by atoms with van der Waals surface area (Å²) >= 11 is 0. The van der Waals surface area contributed by atoms with Crippen molar-refractivity contribution in [2.75, 3.05) is 11.4 Å². The predicted molar refractivity (Wildman–Crippen MR) is 123 cm³/mol.